The average Bonchev–Trinajstić information content (AvgIpc) is 3.21. The number of amidine groups is 1. The van der Waals surface area contributed by atoms with Gasteiger partial charge >= 0.3 is 5.97 Å². The molecule has 0 bridgehead atoms. The monoisotopic (exact) mass is 552 g/mol. The lowest BCUT2D eigenvalue weighted by atomic mass is 10.1. The summed E-state index contributed by atoms with van der Waals surface area (Å²) >= 11 is 7.71. The highest BCUT2D eigenvalue weighted by Gasteiger charge is 2.33. The number of thioether (sulfide) groups is 1. The number of rotatable bonds is 9. The second kappa shape index (κ2) is 12.5. The van der Waals surface area contributed by atoms with Crippen LogP contribution in [0.1, 0.15) is 11.1 Å². The van der Waals surface area contributed by atoms with Crippen LogP contribution in [0.5, 0.6) is 17.2 Å². The van der Waals surface area contributed by atoms with E-state index in [1.807, 2.05) is 54.6 Å². The van der Waals surface area contributed by atoms with Crippen LogP contribution in [-0.2, 0) is 20.9 Å². The molecule has 4 rings (SSSR count). The van der Waals surface area contributed by atoms with E-state index in [1.54, 1.807) is 30.2 Å². The normalized spacial score (nSPS) is 15.2. The quantitative estimate of drug-likeness (QED) is 0.248. The van der Waals surface area contributed by atoms with Gasteiger partial charge in [0.25, 0.3) is 5.91 Å². The highest BCUT2D eigenvalue weighted by Crippen LogP contribution is 2.40. The highest BCUT2D eigenvalue weighted by atomic mass is 35.5. The third kappa shape index (κ3) is 6.48. The third-order valence-corrected chi connectivity index (χ3v) is 6.77. The van der Waals surface area contributed by atoms with Crippen molar-refractivity contribution in [1.82, 2.24) is 4.90 Å². The van der Waals surface area contributed by atoms with E-state index in [0.29, 0.717) is 27.9 Å². The lowest BCUT2D eigenvalue weighted by Gasteiger charge is -2.16. The zero-order valence-corrected chi connectivity index (χ0v) is 22.5. The minimum Gasteiger partial charge on any atom is -0.497 e. The number of benzene rings is 3. The Kier molecular flexibility index (Phi) is 8.93. The van der Waals surface area contributed by atoms with Gasteiger partial charge in [0.05, 0.1) is 43.5 Å². The van der Waals surface area contributed by atoms with E-state index in [-0.39, 0.29) is 23.3 Å². The molecule has 0 aromatic heterocycles. The molecule has 1 amide bonds. The molecular weight excluding hydrogens is 528 g/mol. The van der Waals surface area contributed by atoms with E-state index >= 15 is 0 Å². The molecule has 0 aliphatic carbocycles. The molecular formula is C28H25ClN2O6S. The van der Waals surface area contributed by atoms with Gasteiger partial charge in [0.1, 0.15) is 5.75 Å². The van der Waals surface area contributed by atoms with Crippen LogP contribution < -0.4 is 14.2 Å². The molecule has 0 spiro atoms. The summed E-state index contributed by atoms with van der Waals surface area (Å²) in [7, 11) is 4.34. The van der Waals surface area contributed by atoms with Crippen LogP contribution in [0, 0.1) is 0 Å². The molecule has 196 valence electrons. The van der Waals surface area contributed by atoms with Crippen LogP contribution in [0.25, 0.3) is 6.08 Å². The number of ether oxygens (including phenoxy) is 4. The van der Waals surface area contributed by atoms with E-state index < -0.39 is 5.97 Å². The van der Waals surface area contributed by atoms with Crippen molar-refractivity contribution in [3.8, 4) is 17.2 Å². The molecule has 8 nitrogen and oxygen atoms in total. The van der Waals surface area contributed by atoms with Crippen molar-refractivity contribution < 1.29 is 28.5 Å². The first kappa shape index (κ1) is 27.1. The summed E-state index contributed by atoms with van der Waals surface area (Å²) in [6.45, 7) is 0.0181. The van der Waals surface area contributed by atoms with Crippen molar-refractivity contribution in [1.29, 1.82) is 0 Å². The van der Waals surface area contributed by atoms with Gasteiger partial charge in [-0.05, 0) is 65.4 Å². The molecule has 0 atom stereocenters. The largest absolute Gasteiger partial charge is 0.497 e. The molecule has 0 saturated carbocycles. The first-order chi connectivity index (χ1) is 18.4. The van der Waals surface area contributed by atoms with Gasteiger partial charge in [-0.2, -0.15) is 0 Å². The predicted octanol–water partition coefficient (Wildman–Crippen LogP) is 5.71. The van der Waals surface area contributed by atoms with Gasteiger partial charge in [0, 0.05) is 0 Å². The Bertz CT molecular complexity index is 1380. The molecule has 1 saturated heterocycles. The molecule has 0 N–H and O–H groups in total. The SMILES string of the molecule is COC(=O)COc1c(Cl)cc(/C=C2\SC(=Nc3ccccc3)N(Cc3ccc(OC)cc3)C2=O)cc1OC. The Morgan fingerprint density at radius 3 is 2.42 bits per heavy atom. The number of hydrogen-bond donors (Lipinski definition) is 0. The third-order valence-electron chi connectivity index (χ3n) is 5.48. The molecule has 38 heavy (non-hydrogen) atoms. The van der Waals surface area contributed by atoms with E-state index in [1.165, 1.54) is 26.0 Å². The zero-order chi connectivity index (χ0) is 27.1. The number of aliphatic imine (C=N–C) groups is 1. The molecule has 1 aliphatic rings. The van der Waals surface area contributed by atoms with Crippen molar-refractivity contribution in [2.24, 2.45) is 4.99 Å². The van der Waals surface area contributed by atoms with E-state index in [2.05, 4.69) is 4.74 Å². The molecule has 10 heteroatoms. The van der Waals surface area contributed by atoms with Crippen molar-refractivity contribution in [2.75, 3.05) is 27.9 Å². The second-order valence-corrected chi connectivity index (χ2v) is 9.40. The fourth-order valence-corrected chi connectivity index (χ4v) is 4.83. The number of halogens is 1. The number of carbonyl (C=O) groups is 2. The Morgan fingerprint density at radius 1 is 1.03 bits per heavy atom. The molecule has 3 aromatic carbocycles. The average molecular weight is 553 g/mol. The summed E-state index contributed by atoms with van der Waals surface area (Å²) in [6.07, 6.45) is 1.72. The van der Waals surface area contributed by atoms with Gasteiger partial charge in [0.2, 0.25) is 0 Å². The summed E-state index contributed by atoms with van der Waals surface area (Å²) in [6, 6.07) is 20.3. The van der Waals surface area contributed by atoms with Crippen molar-refractivity contribution in [3.63, 3.8) is 0 Å². The van der Waals surface area contributed by atoms with Gasteiger partial charge in [-0.1, -0.05) is 41.9 Å². The maximum Gasteiger partial charge on any atom is 0.343 e. The van der Waals surface area contributed by atoms with E-state index in [4.69, 9.17) is 30.8 Å². The van der Waals surface area contributed by atoms with Crippen LogP contribution in [0.15, 0.2) is 76.6 Å². The highest BCUT2D eigenvalue weighted by molar-refractivity contribution is 8.18. The standard InChI is InChI=1S/C28H25ClN2O6S/c1-34-21-11-9-18(10-12-21)16-31-27(33)24(38-28(31)30-20-7-5-4-6-8-20)15-19-13-22(29)26(23(14-19)35-2)37-17-25(32)36-3/h4-15H,16-17H2,1-3H3/b24-15-,30-28?. The van der Waals surface area contributed by atoms with Crippen LogP contribution in [0.2, 0.25) is 5.02 Å². The number of methoxy groups -OCH3 is 3. The fourth-order valence-electron chi connectivity index (χ4n) is 3.56. The topological polar surface area (TPSA) is 86.7 Å². The predicted molar refractivity (Wildman–Crippen MR) is 148 cm³/mol. The first-order valence-electron chi connectivity index (χ1n) is 11.5. The molecule has 1 fully saturated rings. The van der Waals surface area contributed by atoms with Crippen molar-refractivity contribution in [3.05, 3.63) is 87.8 Å². The molecule has 0 radical (unpaired) electrons. The first-order valence-corrected chi connectivity index (χ1v) is 12.7. The number of para-hydroxylation sites is 1. The Balaban J connectivity index is 1.66. The van der Waals surface area contributed by atoms with Gasteiger partial charge in [-0.25, -0.2) is 9.79 Å². The van der Waals surface area contributed by atoms with Crippen LogP contribution in [-0.4, -0.2) is 49.9 Å². The number of esters is 1. The number of amides is 1. The molecule has 0 unspecified atom stereocenters. The van der Waals surface area contributed by atoms with Gasteiger partial charge in [-0.15, -0.1) is 0 Å². The number of nitrogens with zero attached hydrogens (tertiary/aromatic N) is 2. The zero-order valence-electron chi connectivity index (χ0n) is 21.0. The molecule has 1 aliphatic heterocycles. The Morgan fingerprint density at radius 2 is 1.76 bits per heavy atom. The smallest absolute Gasteiger partial charge is 0.343 e. The van der Waals surface area contributed by atoms with Gasteiger partial charge < -0.3 is 18.9 Å². The maximum atomic E-state index is 13.5. The Labute approximate surface area is 229 Å². The molecule has 1 heterocycles. The summed E-state index contributed by atoms with van der Waals surface area (Å²) in [4.78, 5) is 31.9. The summed E-state index contributed by atoms with van der Waals surface area (Å²) in [5.41, 5.74) is 2.29. The minimum atomic E-state index is -0.551. The van der Waals surface area contributed by atoms with Gasteiger partial charge in [0.15, 0.2) is 23.3 Å². The summed E-state index contributed by atoms with van der Waals surface area (Å²) in [5.74, 6) is 0.516. The van der Waals surface area contributed by atoms with Crippen LogP contribution in [0.3, 0.4) is 0 Å². The second-order valence-electron chi connectivity index (χ2n) is 7.98. The lowest BCUT2D eigenvalue weighted by Crippen LogP contribution is -2.28. The Hall–Kier alpha value is -3.95. The van der Waals surface area contributed by atoms with Crippen molar-refractivity contribution in [2.45, 2.75) is 6.54 Å². The van der Waals surface area contributed by atoms with Gasteiger partial charge in [-0.3, -0.25) is 9.69 Å². The summed E-state index contributed by atoms with van der Waals surface area (Å²) < 4.78 is 20.7. The fraction of sp³-hybridized carbons (Fsp3) is 0.179. The van der Waals surface area contributed by atoms with Crippen LogP contribution >= 0.6 is 23.4 Å². The lowest BCUT2D eigenvalue weighted by molar-refractivity contribution is -0.142. The van der Waals surface area contributed by atoms with Crippen LogP contribution in [0.4, 0.5) is 5.69 Å². The summed E-state index contributed by atoms with van der Waals surface area (Å²) in [5, 5.41) is 0.781. The van der Waals surface area contributed by atoms with E-state index in [0.717, 1.165) is 17.0 Å². The minimum absolute atomic E-state index is 0.193. The number of carbonyl (C=O) groups excluding carboxylic acids is 2. The van der Waals surface area contributed by atoms with E-state index in [9.17, 15) is 9.59 Å². The number of hydrogen-bond acceptors (Lipinski definition) is 8. The van der Waals surface area contributed by atoms with Crippen molar-refractivity contribution >= 4 is 52.2 Å². The maximum absolute atomic E-state index is 13.5. The molecule has 3 aromatic rings.